The van der Waals surface area contributed by atoms with Crippen molar-refractivity contribution >= 4 is 17.5 Å². The smallest absolute Gasteiger partial charge is 0.253 e. The molecule has 1 aliphatic rings. The fourth-order valence-corrected chi connectivity index (χ4v) is 3.91. The summed E-state index contributed by atoms with van der Waals surface area (Å²) < 4.78 is 10.6. The van der Waals surface area contributed by atoms with Gasteiger partial charge in [0.25, 0.3) is 5.91 Å². The summed E-state index contributed by atoms with van der Waals surface area (Å²) in [5, 5.41) is 3.12. The number of carbonyl (C=O) groups is 2. The standard InChI is InChI=1S/C25H33N3O4/c1-27(2)21-9-7-19(8-10-21)25(30)28-15-13-20(14-16-28)26-24(29)12-6-18-5-11-22(31-3)23(17-18)32-4/h5,7-11,17,20H,6,12-16H2,1-4H3,(H,26,29). The van der Waals surface area contributed by atoms with Crippen LogP contribution in [0.25, 0.3) is 0 Å². The molecule has 0 aromatic heterocycles. The Morgan fingerprint density at radius 3 is 2.25 bits per heavy atom. The van der Waals surface area contributed by atoms with Crippen molar-refractivity contribution < 1.29 is 19.1 Å². The van der Waals surface area contributed by atoms with E-state index >= 15 is 0 Å². The van der Waals surface area contributed by atoms with E-state index in [-0.39, 0.29) is 17.9 Å². The first-order valence-corrected chi connectivity index (χ1v) is 11.0. The van der Waals surface area contributed by atoms with Gasteiger partial charge in [0.05, 0.1) is 14.2 Å². The van der Waals surface area contributed by atoms with Crippen LogP contribution in [0.3, 0.4) is 0 Å². The summed E-state index contributed by atoms with van der Waals surface area (Å²) in [5.74, 6) is 1.42. The number of ether oxygens (including phenoxy) is 2. The summed E-state index contributed by atoms with van der Waals surface area (Å²) >= 11 is 0. The number of carbonyl (C=O) groups excluding carboxylic acids is 2. The summed E-state index contributed by atoms with van der Waals surface area (Å²) in [7, 11) is 7.16. The molecule has 0 bridgehead atoms. The van der Waals surface area contributed by atoms with E-state index in [2.05, 4.69) is 5.32 Å². The van der Waals surface area contributed by atoms with Crippen LogP contribution in [-0.4, -0.2) is 64.2 Å². The minimum absolute atomic E-state index is 0.0313. The topological polar surface area (TPSA) is 71.1 Å². The van der Waals surface area contributed by atoms with Crippen molar-refractivity contribution in [1.82, 2.24) is 10.2 Å². The first-order chi connectivity index (χ1) is 15.4. The molecule has 32 heavy (non-hydrogen) atoms. The molecule has 0 saturated carbocycles. The highest BCUT2D eigenvalue weighted by molar-refractivity contribution is 5.94. The Balaban J connectivity index is 1.44. The highest BCUT2D eigenvalue weighted by Gasteiger charge is 2.24. The number of aryl methyl sites for hydroxylation is 1. The molecule has 0 aliphatic carbocycles. The molecule has 1 N–H and O–H groups in total. The zero-order valence-electron chi connectivity index (χ0n) is 19.4. The minimum Gasteiger partial charge on any atom is -0.493 e. The Morgan fingerprint density at radius 1 is 1.00 bits per heavy atom. The fraction of sp³-hybridized carbons (Fsp3) is 0.440. The predicted octanol–water partition coefficient (Wildman–Crippen LogP) is 3.12. The van der Waals surface area contributed by atoms with Crippen molar-refractivity contribution in [2.75, 3.05) is 46.3 Å². The molecule has 2 amide bonds. The second kappa shape index (κ2) is 10.9. The first kappa shape index (κ1) is 23.4. The van der Waals surface area contributed by atoms with Crippen molar-refractivity contribution in [1.29, 1.82) is 0 Å². The lowest BCUT2D eigenvalue weighted by molar-refractivity contribution is -0.122. The third-order valence-electron chi connectivity index (χ3n) is 5.87. The van der Waals surface area contributed by atoms with Crippen LogP contribution < -0.4 is 19.7 Å². The van der Waals surface area contributed by atoms with Gasteiger partial charge >= 0.3 is 0 Å². The summed E-state index contributed by atoms with van der Waals surface area (Å²) in [5.41, 5.74) is 2.79. The molecule has 0 atom stereocenters. The molecular weight excluding hydrogens is 406 g/mol. The molecule has 2 aromatic rings. The first-order valence-electron chi connectivity index (χ1n) is 11.0. The van der Waals surface area contributed by atoms with Gasteiger partial charge in [0.2, 0.25) is 5.91 Å². The lowest BCUT2D eigenvalue weighted by Crippen LogP contribution is -2.46. The number of likely N-dealkylation sites (tertiary alicyclic amines) is 1. The lowest BCUT2D eigenvalue weighted by Gasteiger charge is -2.32. The van der Waals surface area contributed by atoms with Crippen molar-refractivity contribution in [3.63, 3.8) is 0 Å². The van der Waals surface area contributed by atoms with Crippen molar-refractivity contribution in [2.45, 2.75) is 31.7 Å². The normalized spacial score (nSPS) is 14.1. The number of hydrogen-bond acceptors (Lipinski definition) is 5. The summed E-state index contributed by atoms with van der Waals surface area (Å²) in [4.78, 5) is 29.1. The number of nitrogens with zero attached hydrogens (tertiary/aromatic N) is 2. The zero-order chi connectivity index (χ0) is 23.1. The van der Waals surface area contributed by atoms with Crippen LogP contribution in [-0.2, 0) is 11.2 Å². The van der Waals surface area contributed by atoms with Gasteiger partial charge in [0.15, 0.2) is 11.5 Å². The highest BCUT2D eigenvalue weighted by Crippen LogP contribution is 2.28. The van der Waals surface area contributed by atoms with Crippen LogP contribution in [0.15, 0.2) is 42.5 Å². The van der Waals surface area contributed by atoms with Crippen molar-refractivity contribution in [3.8, 4) is 11.5 Å². The van der Waals surface area contributed by atoms with Gasteiger partial charge in [-0.1, -0.05) is 6.07 Å². The maximum atomic E-state index is 12.8. The second-order valence-electron chi connectivity index (χ2n) is 8.26. The molecule has 2 aromatic carbocycles. The molecule has 0 unspecified atom stereocenters. The quantitative estimate of drug-likeness (QED) is 0.684. The van der Waals surface area contributed by atoms with Crippen LogP contribution in [0, 0.1) is 0 Å². The number of amides is 2. The Kier molecular flexibility index (Phi) is 7.98. The highest BCUT2D eigenvalue weighted by atomic mass is 16.5. The maximum Gasteiger partial charge on any atom is 0.253 e. The number of hydrogen-bond donors (Lipinski definition) is 1. The van der Waals surface area contributed by atoms with Crippen LogP contribution in [0.5, 0.6) is 11.5 Å². The summed E-state index contributed by atoms with van der Waals surface area (Å²) in [6.45, 7) is 1.30. The van der Waals surface area contributed by atoms with Crippen LogP contribution in [0.4, 0.5) is 5.69 Å². The minimum atomic E-state index is 0.0313. The molecule has 0 radical (unpaired) electrons. The van der Waals surface area contributed by atoms with Crippen LogP contribution >= 0.6 is 0 Å². The molecule has 1 heterocycles. The molecule has 3 rings (SSSR count). The predicted molar refractivity (Wildman–Crippen MR) is 126 cm³/mol. The van der Waals surface area contributed by atoms with Crippen molar-refractivity contribution in [3.05, 3.63) is 53.6 Å². The number of nitrogens with one attached hydrogen (secondary N) is 1. The summed E-state index contributed by atoms with van der Waals surface area (Å²) in [6.07, 6.45) is 2.58. The van der Waals surface area contributed by atoms with E-state index in [0.717, 1.165) is 24.1 Å². The molecule has 7 heteroatoms. The van der Waals surface area contributed by atoms with E-state index < -0.39 is 0 Å². The second-order valence-corrected chi connectivity index (χ2v) is 8.26. The molecule has 1 fully saturated rings. The van der Waals surface area contributed by atoms with Gasteiger partial charge in [-0.2, -0.15) is 0 Å². The monoisotopic (exact) mass is 439 g/mol. The lowest BCUT2D eigenvalue weighted by atomic mass is 10.0. The molecule has 172 valence electrons. The van der Waals surface area contributed by atoms with Gasteiger partial charge in [-0.15, -0.1) is 0 Å². The fourth-order valence-electron chi connectivity index (χ4n) is 3.91. The Labute approximate surface area is 190 Å². The Morgan fingerprint density at radius 2 is 1.66 bits per heavy atom. The van der Waals surface area contributed by atoms with E-state index in [9.17, 15) is 9.59 Å². The number of methoxy groups -OCH3 is 2. The van der Waals surface area contributed by atoms with Crippen LogP contribution in [0.1, 0.15) is 35.2 Å². The average molecular weight is 440 g/mol. The van der Waals surface area contributed by atoms with E-state index in [0.29, 0.717) is 43.0 Å². The summed E-state index contributed by atoms with van der Waals surface area (Å²) in [6, 6.07) is 13.5. The van der Waals surface area contributed by atoms with Crippen LogP contribution in [0.2, 0.25) is 0 Å². The van der Waals surface area contributed by atoms with E-state index in [1.54, 1.807) is 14.2 Å². The molecule has 0 spiro atoms. The zero-order valence-corrected chi connectivity index (χ0v) is 19.4. The van der Waals surface area contributed by atoms with Gasteiger partial charge in [-0.25, -0.2) is 0 Å². The average Bonchev–Trinajstić information content (AvgIpc) is 2.82. The largest absolute Gasteiger partial charge is 0.493 e. The van der Waals surface area contributed by atoms with Gasteiger partial charge in [0, 0.05) is 50.9 Å². The van der Waals surface area contributed by atoms with Crippen molar-refractivity contribution in [2.24, 2.45) is 0 Å². The Bertz CT molecular complexity index is 919. The number of anilines is 1. The molecular formula is C25H33N3O4. The SMILES string of the molecule is COc1ccc(CCC(=O)NC2CCN(C(=O)c3ccc(N(C)C)cc3)CC2)cc1OC. The van der Waals surface area contributed by atoms with Gasteiger partial charge in [0.1, 0.15) is 0 Å². The van der Waals surface area contributed by atoms with E-state index in [1.165, 1.54) is 0 Å². The van der Waals surface area contributed by atoms with Gasteiger partial charge < -0.3 is 24.6 Å². The third-order valence-corrected chi connectivity index (χ3v) is 5.87. The Hall–Kier alpha value is -3.22. The van der Waals surface area contributed by atoms with Gasteiger partial charge in [-0.3, -0.25) is 9.59 Å². The molecule has 1 saturated heterocycles. The molecule has 7 nitrogen and oxygen atoms in total. The number of benzene rings is 2. The molecule has 1 aliphatic heterocycles. The van der Waals surface area contributed by atoms with E-state index in [1.807, 2.05) is 66.4 Å². The maximum absolute atomic E-state index is 12.8. The number of piperidine rings is 1. The number of rotatable bonds is 8. The third kappa shape index (κ3) is 5.93. The van der Waals surface area contributed by atoms with Gasteiger partial charge in [-0.05, 0) is 61.2 Å². The van der Waals surface area contributed by atoms with E-state index in [4.69, 9.17) is 9.47 Å².